The van der Waals surface area contributed by atoms with Crippen molar-refractivity contribution in [3.63, 3.8) is 0 Å². The number of amides is 8. The van der Waals surface area contributed by atoms with E-state index in [0.29, 0.717) is 25.7 Å². The fourth-order valence-electron chi connectivity index (χ4n) is 7.95. The first kappa shape index (κ1) is 77.4. The van der Waals surface area contributed by atoms with Gasteiger partial charge in [-0.2, -0.15) is 0 Å². The van der Waals surface area contributed by atoms with E-state index in [1.165, 1.54) is 6.92 Å². The summed E-state index contributed by atoms with van der Waals surface area (Å²) in [7, 11) is 0. The zero-order chi connectivity index (χ0) is 65.3. The van der Waals surface area contributed by atoms with Gasteiger partial charge < -0.3 is 127 Å². The zero-order valence-corrected chi connectivity index (χ0v) is 49.3. The lowest BCUT2D eigenvalue weighted by Gasteiger charge is -2.28. The zero-order valence-electron chi connectivity index (χ0n) is 49.3. The van der Waals surface area contributed by atoms with Crippen molar-refractivity contribution in [3.8, 4) is 0 Å². The Bertz CT molecular complexity index is 2280. The molecule has 8 amide bonds. The molecule has 0 aromatic carbocycles. The maximum Gasteiger partial charge on any atom is 0.328 e. The van der Waals surface area contributed by atoms with Crippen molar-refractivity contribution in [3.05, 3.63) is 0 Å². The van der Waals surface area contributed by atoms with Crippen LogP contribution in [-0.4, -0.2) is 200 Å². The van der Waals surface area contributed by atoms with Gasteiger partial charge in [0.05, 0.1) is 12.1 Å². The molecule has 0 aromatic heterocycles. The van der Waals surface area contributed by atoms with Crippen LogP contribution in [0.5, 0.6) is 0 Å². The van der Waals surface area contributed by atoms with Gasteiger partial charge in [0.15, 0.2) is 35.8 Å². The Morgan fingerprint density at radius 1 is 0.349 bits per heavy atom. The Hall–Kier alpha value is -8.58. The minimum atomic E-state index is -1.76. The SMILES string of the molecule is C[C@H](NC(=O)[C@@H](N)CCCN=C(N)N)C(=O)N[C@@H](CCCN=C(N)N)C(=O)N[C@@H](CCCN=C(N)N)C(=O)N[C@@H](CCCN=C(N)N)C(=O)N[C@@H](CCCCN)C(=O)N[C@@H](CCCCN)C(=O)N[C@@H](CCCN=C(N)N)C(=O)N[C@H](C(=O)O)[C@@H](C)O. The molecule has 0 saturated heterocycles. The van der Waals surface area contributed by atoms with Crippen LogP contribution in [0.15, 0.2) is 25.0 Å². The molecule has 0 saturated carbocycles. The van der Waals surface area contributed by atoms with Gasteiger partial charge in [0.25, 0.3) is 0 Å². The third-order valence-corrected chi connectivity index (χ3v) is 12.6. The first-order valence-corrected chi connectivity index (χ1v) is 28.3. The molecular formula is C49H98N26O11. The van der Waals surface area contributed by atoms with Gasteiger partial charge in [0.1, 0.15) is 42.3 Å². The molecule has 37 nitrogen and oxygen atoms in total. The summed E-state index contributed by atoms with van der Waals surface area (Å²) in [6.45, 7) is 3.14. The van der Waals surface area contributed by atoms with Crippen LogP contribution < -0.4 is 117 Å². The summed E-state index contributed by atoms with van der Waals surface area (Å²) in [5.41, 5.74) is 72.4. The average Bonchev–Trinajstić information content (AvgIpc) is 3.58. The fraction of sp³-hybridized carbons (Fsp3) is 0.714. The van der Waals surface area contributed by atoms with Crippen LogP contribution >= 0.6 is 0 Å². The summed E-state index contributed by atoms with van der Waals surface area (Å²) in [5, 5.41) is 40.2. The topological polar surface area (TPSA) is 690 Å². The van der Waals surface area contributed by atoms with Crippen LogP contribution in [0.1, 0.15) is 117 Å². The van der Waals surface area contributed by atoms with E-state index in [1.54, 1.807) is 0 Å². The van der Waals surface area contributed by atoms with E-state index in [0.717, 1.165) is 6.92 Å². The minimum Gasteiger partial charge on any atom is -0.480 e. The summed E-state index contributed by atoms with van der Waals surface area (Å²) in [6.07, 6.45) is 0.187. The van der Waals surface area contributed by atoms with E-state index >= 15 is 0 Å². The van der Waals surface area contributed by atoms with Crippen LogP contribution in [0.4, 0.5) is 0 Å². The van der Waals surface area contributed by atoms with Crippen LogP contribution in [0.25, 0.3) is 0 Å². The molecule has 0 unspecified atom stereocenters. The highest BCUT2D eigenvalue weighted by Gasteiger charge is 2.35. The van der Waals surface area contributed by atoms with Crippen molar-refractivity contribution in [2.24, 2.45) is 99.5 Å². The standard InChI is InChI=1S/C49H98N26O11/c1-26(68-37(78)28(52)12-7-21-63-45(53)54)36(77)69-31(15-8-22-64-46(55)56)40(81)72-33(17-10-24-66-48(59)60)42(83)73-32(16-9-23-65-47(57)58)41(82)71-29(13-3-5-19-50)38(79)70-30(14-4-6-20-51)39(80)74-34(18-11-25-67-49(61)62)43(84)75-35(27(2)76)44(85)86/h26-35,76H,3-25,50-52H2,1-2H3,(H,68,78)(H,69,77)(H,70,79)(H,71,82)(H,72,81)(H,73,83)(H,74,80)(H,75,84)(H,85,86)(H4,53,54,63)(H4,55,56,64)(H4,57,58,65)(H4,59,60,66)(H4,61,62,67)/t26-,27+,28-,29-,30-,31-,32-,33-,34-,35-/m0/s1. The van der Waals surface area contributed by atoms with Gasteiger partial charge >= 0.3 is 5.97 Å². The highest BCUT2D eigenvalue weighted by Crippen LogP contribution is 2.11. The van der Waals surface area contributed by atoms with Crippen LogP contribution in [0.2, 0.25) is 0 Å². The van der Waals surface area contributed by atoms with Crippen molar-refractivity contribution >= 4 is 83.0 Å². The molecule has 0 aliphatic carbocycles. The number of carbonyl (C=O) groups is 9. The number of aliphatic hydroxyl groups is 1. The summed E-state index contributed by atoms with van der Waals surface area (Å²) in [6, 6.07) is -12.5. The second-order valence-corrected chi connectivity index (χ2v) is 20.1. The Kier molecular flexibility index (Phi) is 39.6. The Labute approximate surface area is 500 Å². The van der Waals surface area contributed by atoms with E-state index in [9.17, 15) is 53.4 Å². The van der Waals surface area contributed by atoms with Gasteiger partial charge in [-0.3, -0.25) is 63.3 Å². The van der Waals surface area contributed by atoms with Gasteiger partial charge in [-0.25, -0.2) is 4.79 Å². The molecule has 37 heteroatoms. The molecule has 490 valence electrons. The van der Waals surface area contributed by atoms with Crippen molar-refractivity contribution in [2.75, 3.05) is 45.8 Å². The molecule has 0 aliphatic rings. The van der Waals surface area contributed by atoms with Gasteiger partial charge in [-0.15, -0.1) is 0 Å². The Morgan fingerprint density at radius 2 is 0.593 bits per heavy atom. The number of carbonyl (C=O) groups excluding carboxylic acids is 8. The summed E-state index contributed by atoms with van der Waals surface area (Å²) in [4.78, 5) is 143. The van der Waals surface area contributed by atoms with Gasteiger partial charge in [0, 0.05) is 32.7 Å². The van der Waals surface area contributed by atoms with E-state index in [2.05, 4.69) is 67.5 Å². The number of unbranched alkanes of at least 4 members (excludes halogenated alkanes) is 2. The third kappa shape index (κ3) is 35.5. The maximum absolute atomic E-state index is 14.5. The third-order valence-electron chi connectivity index (χ3n) is 12.6. The van der Waals surface area contributed by atoms with Crippen molar-refractivity contribution < 1.29 is 53.4 Å². The molecule has 0 heterocycles. The number of nitrogens with zero attached hydrogens (tertiary/aromatic N) is 5. The molecular weight excluding hydrogens is 1130 g/mol. The minimum absolute atomic E-state index is 0.0109. The first-order chi connectivity index (χ1) is 40.5. The van der Waals surface area contributed by atoms with Crippen LogP contribution in [-0.2, 0) is 43.2 Å². The second kappa shape index (κ2) is 44.0. The van der Waals surface area contributed by atoms with Crippen LogP contribution in [0, 0.1) is 0 Å². The lowest BCUT2D eigenvalue weighted by molar-refractivity contribution is -0.145. The van der Waals surface area contributed by atoms with Gasteiger partial charge in [0.2, 0.25) is 47.3 Å². The number of nitrogens with two attached hydrogens (primary N) is 13. The lowest BCUT2D eigenvalue weighted by atomic mass is 10.0. The largest absolute Gasteiger partial charge is 0.480 e. The number of guanidine groups is 5. The van der Waals surface area contributed by atoms with Crippen molar-refractivity contribution in [1.82, 2.24) is 42.5 Å². The normalized spacial score (nSPS) is 14.3. The summed E-state index contributed by atoms with van der Waals surface area (Å²) in [5.74, 6) is -9.59. The Balaban J connectivity index is 7.21. The smallest absolute Gasteiger partial charge is 0.328 e. The van der Waals surface area contributed by atoms with Gasteiger partial charge in [-0.05, 0) is 130 Å². The molecule has 0 fully saturated rings. The predicted molar refractivity (Wildman–Crippen MR) is 324 cm³/mol. The molecule has 0 aliphatic heterocycles. The highest BCUT2D eigenvalue weighted by atomic mass is 16.4. The van der Waals surface area contributed by atoms with E-state index in [-0.39, 0.29) is 153 Å². The quantitative estimate of drug-likeness (QED) is 0.0153. The predicted octanol–water partition coefficient (Wildman–Crippen LogP) is -9.80. The van der Waals surface area contributed by atoms with E-state index < -0.39 is 114 Å². The molecule has 86 heavy (non-hydrogen) atoms. The number of nitrogens with one attached hydrogen (secondary N) is 8. The number of hydrogen-bond donors (Lipinski definition) is 23. The second-order valence-electron chi connectivity index (χ2n) is 20.1. The van der Waals surface area contributed by atoms with E-state index in [4.69, 9.17) is 74.5 Å². The monoisotopic (exact) mass is 1230 g/mol. The maximum atomic E-state index is 14.5. The molecule has 0 spiro atoms. The van der Waals surface area contributed by atoms with Gasteiger partial charge in [-0.1, -0.05) is 0 Å². The molecule has 36 N–H and O–H groups in total. The molecule has 10 atom stereocenters. The summed E-state index contributed by atoms with van der Waals surface area (Å²) >= 11 is 0. The molecule has 0 aromatic rings. The number of aliphatic carboxylic acids is 1. The summed E-state index contributed by atoms with van der Waals surface area (Å²) < 4.78 is 0. The number of rotatable bonds is 46. The number of hydrogen-bond acceptors (Lipinski definition) is 18. The number of carboxylic acids is 1. The molecule has 0 bridgehead atoms. The number of carboxylic acid groups (broad SMARTS) is 1. The number of aliphatic imine (C=N–C) groups is 5. The first-order valence-electron chi connectivity index (χ1n) is 28.3. The van der Waals surface area contributed by atoms with E-state index in [1.807, 2.05) is 0 Å². The average molecular weight is 1230 g/mol. The van der Waals surface area contributed by atoms with Crippen molar-refractivity contribution in [2.45, 2.75) is 177 Å². The molecule has 0 rings (SSSR count). The van der Waals surface area contributed by atoms with Crippen molar-refractivity contribution in [1.29, 1.82) is 0 Å². The molecule has 0 radical (unpaired) electrons. The number of aliphatic hydroxyl groups excluding tert-OH is 1. The fourth-order valence-corrected chi connectivity index (χ4v) is 7.95. The lowest BCUT2D eigenvalue weighted by Crippen LogP contribution is -2.60. The Morgan fingerprint density at radius 3 is 0.837 bits per heavy atom. The van der Waals surface area contributed by atoms with Crippen LogP contribution in [0.3, 0.4) is 0 Å². The highest BCUT2D eigenvalue weighted by molar-refractivity contribution is 5.98.